The van der Waals surface area contributed by atoms with E-state index in [-0.39, 0.29) is 18.6 Å². The Balaban J connectivity index is 1.81. The van der Waals surface area contributed by atoms with E-state index in [1.54, 1.807) is 0 Å². The van der Waals surface area contributed by atoms with E-state index in [1.165, 1.54) is 30.7 Å². The Morgan fingerprint density at radius 2 is 1.91 bits per heavy atom. The van der Waals surface area contributed by atoms with E-state index in [2.05, 4.69) is 19.2 Å². The number of ether oxygens (including phenoxy) is 1. The minimum Gasteiger partial charge on any atom is -0.452 e. The molecule has 5 nitrogen and oxygen atoms in total. The van der Waals surface area contributed by atoms with Crippen LogP contribution in [0, 0.1) is 11.8 Å². The zero-order valence-electron chi connectivity index (χ0n) is 13.6. The van der Waals surface area contributed by atoms with Gasteiger partial charge in [-0.15, -0.1) is 0 Å². The summed E-state index contributed by atoms with van der Waals surface area (Å²) in [6.45, 7) is 4.06. The Morgan fingerprint density at radius 3 is 2.57 bits per heavy atom. The Kier molecular flexibility index (Phi) is 5.90. The van der Waals surface area contributed by atoms with E-state index in [0.29, 0.717) is 29.2 Å². The number of benzene rings is 1. The maximum Gasteiger partial charge on any atom is 0.338 e. The van der Waals surface area contributed by atoms with E-state index >= 15 is 0 Å². The highest BCUT2D eigenvalue weighted by Gasteiger charge is 2.28. The lowest BCUT2D eigenvalue weighted by atomic mass is 9.78. The molecule has 1 aromatic carbocycles. The SMILES string of the molecule is C[C@@H]1[C@H](C)CCC[C@@H]1NC(=O)COC(=O)c1ccc(C=O)cc1. The van der Waals surface area contributed by atoms with Crippen LogP contribution in [0.1, 0.15) is 53.8 Å². The van der Waals surface area contributed by atoms with Gasteiger partial charge in [0.05, 0.1) is 5.56 Å². The average molecular weight is 317 g/mol. The molecule has 1 saturated carbocycles. The lowest BCUT2D eigenvalue weighted by Crippen LogP contribution is -2.45. The molecule has 0 aliphatic heterocycles. The third kappa shape index (κ3) is 4.65. The van der Waals surface area contributed by atoms with Crippen molar-refractivity contribution in [3.63, 3.8) is 0 Å². The standard InChI is InChI=1S/C18H23NO4/c1-12-4-3-5-16(13(12)2)19-17(21)11-23-18(22)15-8-6-14(10-20)7-9-15/h6-10,12-13,16H,3-5,11H2,1-2H3,(H,19,21)/t12-,13-,16+/m1/s1. The predicted octanol–water partition coefficient (Wildman–Crippen LogP) is 2.60. The monoisotopic (exact) mass is 317 g/mol. The van der Waals surface area contributed by atoms with Crippen LogP contribution in [0.25, 0.3) is 0 Å². The second-order valence-corrected chi connectivity index (χ2v) is 6.26. The van der Waals surface area contributed by atoms with Gasteiger partial charge in [-0.2, -0.15) is 0 Å². The first-order chi connectivity index (χ1) is 11.0. The van der Waals surface area contributed by atoms with Crippen molar-refractivity contribution < 1.29 is 19.1 Å². The molecule has 0 aromatic heterocycles. The van der Waals surface area contributed by atoms with E-state index in [0.717, 1.165) is 12.8 Å². The topological polar surface area (TPSA) is 72.5 Å². The zero-order chi connectivity index (χ0) is 16.8. The summed E-state index contributed by atoms with van der Waals surface area (Å²) in [4.78, 5) is 34.4. The number of aldehydes is 1. The Hall–Kier alpha value is -2.17. The minimum atomic E-state index is -0.567. The summed E-state index contributed by atoms with van der Waals surface area (Å²) in [5, 5.41) is 2.96. The lowest BCUT2D eigenvalue weighted by Gasteiger charge is -2.34. The van der Waals surface area contributed by atoms with Crippen LogP contribution in [0.5, 0.6) is 0 Å². The first-order valence-corrected chi connectivity index (χ1v) is 8.03. The van der Waals surface area contributed by atoms with Crippen molar-refractivity contribution in [1.29, 1.82) is 0 Å². The molecule has 124 valence electrons. The van der Waals surface area contributed by atoms with Gasteiger partial charge in [0, 0.05) is 11.6 Å². The van der Waals surface area contributed by atoms with Gasteiger partial charge >= 0.3 is 5.97 Å². The average Bonchev–Trinajstić information content (AvgIpc) is 2.57. The summed E-state index contributed by atoms with van der Waals surface area (Å²) in [7, 11) is 0. The molecule has 1 aliphatic rings. The fraction of sp³-hybridized carbons (Fsp3) is 0.500. The van der Waals surface area contributed by atoms with Crippen molar-refractivity contribution in [2.75, 3.05) is 6.61 Å². The van der Waals surface area contributed by atoms with Crippen LogP contribution >= 0.6 is 0 Å². The molecule has 1 fully saturated rings. The normalized spacial score (nSPS) is 23.8. The molecule has 0 heterocycles. The fourth-order valence-electron chi connectivity index (χ4n) is 2.95. The second kappa shape index (κ2) is 7.90. The van der Waals surface area contributed by atoms with Crippen LogP contribution in [-0.4, -0.2) is 30.8 Å². The summed E-state index contributed by atoms with van der Waals surface area (Å²) >= 11 is 0. The first-order valence-electron chi connectivity index (χ1n) is 8.03. The summed E-state index contributed by atoms with van der Waals surface area (Å²) < 4.78 is 5.03. The van der Waals surface area contributed by atoms with Gasteiger partial charge in [-0.3, -0.25) is 9.59 Å². The third-order valence-corrected chi connectivity index (χ3v) is 4.67. The van der Waals surface area contributed by atoms with Crippen LogP contribution in [0.4, 0.5) is 0 Å². The molecule has 5 heteroatoms. The molecule has 0 bridgehead atoms. The second-order valence-electron chi connectivity index (χ2n) is 6.26. The smallest absolute Gasteiger partial charge is 0.338 e. The van der Waals surface area contributed by atoms with Gasteiger partial charge in [0.2, 0.25) is 0 Å². The molecule has 1 amide bonds. The number of nitrogens with one attached hydrogen (secondary N) is 1. The number of rotatable bonds is 5. The fourth-order valence-corrected chi connectivity index (χ4v) is 2.95. The van der Waals surface area contributed by atoms with Crippen LogP contribution in [0.2, 0.25) is 0 Å². The summed E-state index contributed by atoms with van der Waals surface area (Å²) in [6, 6.07) is 6.24. The van der Waals surface area contributed by atoms with Crippen molar-refractivity contribution in [2.24, 2.45) is 11.8 Å². The lowest BCUT2D eigenvalue weighted by molar-refractivity contribution is -0.125. The largest absolute Gasteiger partial charge is 0.452 e. The number of esters is 1. The molecule has 0 spiro atoms. The van der Waals surface area contributed by atoms with Crippen LogP contribution in [-0.2, 0) is 9.53 Å². The van der Waals surface area contributed by atoms with Crippen molar-refractivity contribution >= 4 is 18.2 Å². The maximum absolute atomic E-state index is 12.0. The van der Waals surface area contributed by atoms with Crippen LogP contribution < -0.4 is 5.32 Å². The molecule has 3 atom stereocenters. The van der Waals surface area contributed by atoms with Crippen molar-refractivity contribution in [2.45, 2.75) is 39.2 Å². The first kappa shape index (κ1) is 17.2. The van der Waals surface area contributed by atoms with Crippen LogP contribution in [0.3, 0.4) is 0 Å². The minimum absolute atomic E-state index is 0.150. The molecule has 0 unspecified atom stereocenters. The van der Waals surface area contributed by atoms with Gasteiger partial charge in [0.25, 0.3) is 5.91 Å². The van der Waals surface area contributed by atoms with Crippen molar-refractivity contribution in [1.82, 2.24) is 5.32 Å². The predicted molar refractivity (Wildman–Crippen MR) is 86.2 cm³/mol. The number of carbonyl (C=O) groups is 3. The molecule has 1 aliphatic carbocycles. The van der Waals surface area contributed by atoms with Gasteiger partial charge in [0.15, 0.2) is 6.61 Å². The quantitative estimate of drug-likeness (QED) is 0.669. The molecule has 1 aromatic rings. The van der Waals surface area contributed by atoms with Gasteiger partial charge in [0.1, 0.15) is 6.29 Å². The number of amides is 1. The summed E-state index contributed by atoms with van der Waals surface area (Å²) in [5.41, 5.74) is 0.808. The van der Waals surface area contributed by atoms with E-state index in [1.807, 2.05) is 0 Å². The Morgan fingerprint density at radius 1 is 1.22 bits per heavy atom. The third-order valence-electron chi connectivity index (χ3n) is 4.67. The highest BCUT2D eigenvalue weighted by Crippen LogP contribution is 2.29. The molecule has 23 heavy (non-hydrogen) atoms. The maximum atomic E-state index is 12.0. The van der Waals surface area contributed by atoms with Gasteiger partial charge in [-0.05, 0) is 30.4 Å². The highest BCUT2D eigenvalue weighted by atomic mass is 16.5. The van der Waals surface area contributed by atoms with Gasteiger partial charge in [-0.1, -0.05) is 38.8 Å². The van der Waals surface area contributed by atoms with E-state index < -0.39 is 5.97 Å². The van der Waals surface area contributed by atoms with Crippen molar-refractivity contribution in [3.05, 3.63) is 35.4 Å². The van der Waals surface area contributed by atoms with Gasteiger partial charge in [-0.25, -0.2) is 4.79 Å². The molecular formula is C18H23NO4. The Bertz CT molecular complexity index is 567. The van der Waals surface area contributed by atoms with E-state index in [9.17, 15) is 14.4 Å². The van der Waals surface area contributed by atoms with E-state index in [4.69, 9.17) is 4.74 Å². The summed E-state index contributed by atoms with van der Waals surface area (Å²) in [6.07, 6.45) is 3.98. The molecule has 1 N–H and O–H groups in total. The van der Waals surface area contributed by atoms with Crippen molar-refractivity contribution in [3.8, 4) is 0 Å². The highest BCUT2D eigenvalue weighted by molar-refractivity contribution is 5.92. The zero-order valence-corrected chi connectivity index (χ0v) is 13.6. The summed E-state index contributed by atoms with van der Waals surface area (Å²) in [5.74, 6) is 0.184. The molecule has 0 saturated heterocycles. The molecular weight excluding hydrogens is 294 g/mol. The van der Waals surface area contributed by atoms with Gasteiger partial charge < -0.3 is 10.1 Å². The Labute approximate surface area is 136 Å². The molecule has 2 rings (SSSR count). The number of hydrogen-bond acceptors (Lipinski definition) is 4. The number of carbonyl (C=O) groups excluding carboxylic acids is 3. The number of hydrogen-bond donors (Lipinski definition) is 1. The molecule has 0 radical (unpaired) electrons. The van der Waals surface area contributed by atoms with Crippen LogP contribution in [0.15, 0.2) is 24.3 Å².